The van der Waals surface area contributed by atoms with Crippen molar-refractivity contribution >= 4 is 11.9 Å². The second-order valence-electron chi connectivity index (χ2n) is 7.46. The lowest BCUT2D eigenvalue weighted by Crippen LogP contribution is -2.45. The van der Waals surface area contributed by atoms with Crippen LogP contribution in [0.1, 0.15) is 55.8 Å². The number of benzene rings is 1. The maximum atomic E-state index is 12.6. The van der Waals surface area contributed by atoms with Crippen molar-refractivity contribution in [3.8, 4) is 0 Å². The third-order valence-electron chi connectivity index (χ3n) is 5.73. The number of hydrogen-bond donors (Lipinski definition) is 2. The molecule has 5 nitrogen and oxygen atoms in total. The maximum Gasteiger partial charge on any atom is 0.307 e. The lowest BCUT2D eigenvalue weighted by atomic mass is 9.89. The molecule has 3 atom stereocenters. The van der Waals surface area contributed by atoms with Crippen LogP contribution >= 0.6 is 0 Å². The summed E-state index contributed by atoms with van der Waals surface area (Å²) >= 11 is 0. The topological polar surface area (TPSA) is 69.6 Å². The third-order valence-corrected chi connectivity index (χ3v) is 5.73. The Labute approximate surface area is 149 Å². The molecule has 1 saturated heterocycles. The van der Waals surface area contributed by atoms with Crippen LogP contribution in [-0.4, -0.2) is 41.0 Å². The highest BCUT2D eigenvalue weighted by atomic mass is 16.4. The van der Waals surface area contributed by atoms with Crippen molar-refractivity contribution in [2.75, 3.05) is 13.1 Å². The molecule has 0 saturated carbocycles. The fraction of sp³-hybridized carbons (Fsp3) is 0.600. The number of aryl methyl sites for hydroxylation is 2. The van der Waals surface area contributed by atoms with Crippen LogP contribution in [0.4, 0.5) is 0 Å². The zero-order valence-electron chi connectivity index (χ0n) is 15.1. The Balaban J connectivity index is 1.59. The number of amides is 1. The van der Waals surface area contributed by atoms with Gasteiger partial charge in [-0.25, -0.2) is 0 Å². The number of carbonyl (C=O) groups excluding carboxylic acids is 1. The first kappa shape index (κ1) is 17.9. The largest absolute Gasteiger partial charge is 0.481 e. The highest BCUT2D eigenvalue weighted by Gasteiger charge is 2.33. The molecule has 2 aliphatic rings. The van der Waals surface area contributed by atoms with E-state index in [1.165, 1.54) is 24.0 Å². The average Bonchev–Trinajstić information content (AvgIpc) is 3.11. The van der Waals surface area contributed by atoms with Gasteiger partial charge in [0, 0.05) is 6.54 Å². The van der Waals surface area contributed by atoms with Gasteiger partial charge in [-0.2, -0.15) is 0 Å². The molecule has 1 aliphatic carbocycles. The molecule has 2 N–H and O–H groups in total. The van der Waals surface area contributed by atoms with Crippen LogP contribution in [0.15, 0.2) is 18.2 Å². The van der Waals surface area contributed by atoms with Crippen molar-refractivity contribution in [3.63, 3.8) is 0 Å². The maximum absolute atomic E-state index is 12.6. The fourth-order valence-corrected chi connectivity index (χ4v) is 3.95. The number of carboxylic acids is 1. The van der Waals surface area contributed by atoms with Crippen LogP contribution in [-0.2, 0) is 22.4 Å². The number of carboxylic acid groups (broad SMARTS) is 1. The number of likely N-dealkylation sites (tertiary alicyclic amines) is 1. The average molecular weight is 344 g/mol. The van der Waals surface area contributed by atoms with E-state index >= 15 is 0 Å². The molecule has 3 unspecified atom stereocenters. The first-order valence-corrected chi connectivity index (χ1v) is 9.34. The van der Waals surface area contributed by atoms with E-state index in [1.807, 2.05) is 18.7 Å². The summed E-state index contributed by atoms with van der Waals surface area (Å²) in [5, 5.41) is 12.2. The van der Waals surface area contributed by atoms with Crippen molar-refractivity contribution in [2.45, 2.75) is 58.0 Å². The van der Waals surface area contributed by atoms with Gasteiger partial charge in [0.05, 0.1) is 18.0 Å². The van der Waals surface area contributed by atoms with E-state index in [0.29, 0.717) is 19.5 Å². The Kier molecular flexibility index (Phi) is 5.42. The molecule has 136 valence electrons. The zero-order chi connectivity index (χ0) is 18.0. The molecule has 1 aromatic carbocycles. The standard InChI is InChI=1S/C20H28N2O3/c1-13(16-8-7-15-5-3-4-6-17(15)11-16)21-19(23)14(2)22-10-9-18(12-22)20(24)25/h7-8,11,13-14,18H,3-6,9-10,12H2,1-2H3,(H,21,23)(H,24,25). The summed E-state index contributed by atoms with van der Waals surface area (Å²) in [6, 6.07) is 6.22. The van der Waals surface area contributed by atoms with Crippen LogP contribution in [0.25, 0.3) is 0 Å². The predicted octanol–water partition coefficient (Wildman–Crippen LogP) is 2.54. The second kappa shape index (κ2) is 7.56. The number of nitrogens with zero attached hydrogens (tertiary/aromatic N) is 1. The molecule has 1 fully saturated rings. The molecule has 0 spiro atoms. The molecular formula is C20H28N2O3. The Morgan fingerprint density at radius 2 is 1.92 bits per heavy atom. The number of fused-ring (bicyclic) bond motifs is 1. The van der Waals surface area contributed by atoms with Gasteiger partial charge in [0.15, 0.2) is 0 Å². The van der Waals surface area contributed by atoms with Crippen molar-refractivity contribution < 1.29 is 14.7 Å². The molecule has 3 rings (SSSR count). The van der Waals surface area contributed by atoms with Gasteiger partial charge in [-0.15, -0.1) is 0 Å². The van der Waals surface area contributed by atoms with Crippen LogP contribution in [0.3, 0.4) is 0 Å². The molecule has 1 amide bonds. The van der Waals surface area contributed by atoms with Crippen LogP contribution in [0.2, 0.25) is 0 Å². The van der Waals surface area contributed by atoms with E-state index in [1.54, 1.807) is 0 Å². The van der Waals surface area contributed by atoms with Crippen LogP contribution < -0.4 is 5.32 Å². The van der Waals surface area contributed by atoms with E-state index in [0.717, 1.165) is 18.4 Å². The molecule has 0 radical (unpaired) electrons. The second-order valence-corrected chi connectivity index (χ2v) is 7.46. The molecule has 5 heteroatoms. The predicted molar refractivity (Wildman–Crippen MR) is 96.4 cm³/mol. The molecule has 0 aromatic heterocycles. The number of aliphatic carboxylic acids is 1. The minimum absolute atomic E-state index is 0.0312. The van der Waals surface area contributed by atoms with E-state index in [-0.39, 0.29) is 23.9 Å². The third kappa shape index (κ3) is 4.03. The lowest BCUT2D eigenvalue weighted by Gasteiger charge is -2.26. The molecule has 1 heterocycles. The Morgan fingerprint density at radius 3 is 2.60 bits per heavy atom. The summed E-state index contributed by atoms with van der Waals surface area (Å²) < 4.78 is 0. The number of hydrogen-bond acceptors (Lipinski definition) is 3. The Hall–Kier alpha value is -1.88. The van der Waals surface area contributed by atoms with Gasteiger partial charge in [0.2, 0.25) is 5.91 Å². The van der Waals surface area contributed by atoms with Crippen molar-refractivity contribution in [1.82, 2.24) is 10.2 Å². The van der Waals surface area contributed by atoms with Gasteiger partial charge >= 0.3 is 5.97 Å². The number of nitrogens with one attached hydrogen (secondary N) is 1. The molecule has 1 aliphatic heterocycles. The lowest BCUT2D eigenvalue weighted by molar-refractivity contribution is -0.141. The van der Waals surface area contributed by atoms with Gasteiger partial charge in [-0.05, 0) is 69.2 Å². The van der Waals surface area contributed by atoms with Gasteiger partial charge < -0.3 is 10.4 Å². The van der Waals surface area contributed by atoms with Gasteiger partial charge in [0.1, 0.15) is 0 Å². The van der Waals surface area contributed by atoms with Gasteiger partial charge in [-0.3, -0.25) is 14.5 Å². The summed E-state index contributed by atoms with van der Waals surface area (Å²) in [6.07, 6.45) is 5.42. The van der Waals surface area contributed by atoms with Gasteiger partial charge in [-0.1, -0.05) is 18.2 Å². The minimum Gasteiger partial charge on any atom is -0.481 e. The molecule has 1 aromatic rings. The monoisotopic (exact) mass is 344 g/mol. The summed E-state index contributed by atoms with van der Waals surface area (Å²) in [5.41, 5.74) is 4.01. The number of carbonyl (C=O) groups is 2. The van der Waals surface area contributed by atoms with Crippen molar-refractivity contribution in [1.29, 1.82) is 0 Å². The quantitative estimate of drug-likeness (QED) is 0.861. The number of rotatable bonds is 5. The highest BCUT2D eigenvalue weighted by Crippen LogP contribution is 2.25. The highest BCUT2D eigenvalue weighted by molar-refractivity contribution is 5.82. The molecule has 25 heavy (non-hydrogen) atoms. The Bertz CT molecular complexity index is 658. The summed E-state index contributed by atoms with van der Waals surface area (Å²) in [6.45, 7) is 4.99. The summed E-state index contributed by atoms with van der Waals surface area (Å²) in [4.78, 5) is 25.6. The fourth-order valence-electron chi connectivity index (χ4n) is 3.95. The summed E-state index contributed by atoms with van der Waals surface area (Å²) in [7, 11) is 0. The van der Waals surface area contributed by atoms with Crippen LogP contribution in [0, 0.1) is 5.92 Å². The Morgan fingerprint density at radius 1 is 1.20 bits per heavy atom. The first-order valence-electron chi connectivity index (χ1n) is 9.34. The SMILES string of the molecule is CC(NC(=O)C(C)N1CCC(C(=O)O)C1)c1ccc2c(c1)CCCC2. The normalized spacial score (nSPS) is 22.9. The van der Waals surface area contributed by atoms with Gasteiger partial charge in [0.25, 0.3) is 0 Å². The molecule has 0 bridgehead atoms. The first-order chi connectivity index (χ1) is 12.0. The van der Waals surface area contributed by atoms with Crippen molar-refractivity contribution in [3.05, 3.63) is 34.9 Å². The smallest absolute Gasteiger partial charge is 0.307 e. The van der Waals surface area contributed by atoms with E-state index in [9.17, 15) is 9.59 Å². The van der Waals surface area contributed by atoms with E-state index < -0.39 is 5.97 Å². The minimum atomic E-state index is -0.766. The molecular weight excluding hydrogens is 316 g/mol. The van der Waals surface area contributed by atoms with Crippen LogP contribution in [0.5, 0.6) is 0 Å². The van der Waals surface area contributed by atoms with E-state index in [4.69, 9.17) is 5.11 Å². The zero-order valence-corrected chi connectivity index (χ0v) is 15.1. The van der Waals surface area contributed by atoms with Crippen molar-refractivity contribution in [2.24, 2.45) is 5.92 Å². The summed E-state index contributed by atoms with van der Waals surface area (Å²) in [5.74, 6) is -1.15. The van der Waals surface area contributed by atoms with E-state index in [2.05, 4.69) is 23.5 Å².